The maximum Gasteiger partial charge on any atom is 0.212 e. The molecule has 0 unspecified atom stereocenters. The van der Waals surface area contributed by atoms with Crippen LogP contribution in [0.5, 0.6) is 0 Å². The van der Waals surface area contributed by atoms with E-state index in [1.54, 1.807) is 0 Å². The molecule has 3 N–H and O–H groups in total. The summed E-state index contributed by atoms with van der Waals surface area (Å²) >= 11 is 0. The molecule has 1 aliphatic heterocycles. The van der Waals surface area contributed by atoms with Gasteiger partial charge in [-0.2, -0.15) is 5.10 Å². The van der Waals surface area contributed by atoms with Gasteiger partial charge in [-0.15, -0.1) is 0 Å². The summed E-state index contributed by atoms with van der Waals surface area (Å²) in [6, 6.07) is 10.7. The maximum absolute atomic E-state index is 11.5. The van der Waals surface area contributed by atoms with Crippen molar-refractivity contribution in [2.24, 2.45) is 21.4 Å². The van der Waals surface area contributed by atoms with Crippen LogP contribution in [-0.4, -0.2) is 36.0 Å². The number of hydrazone groups is 1. The van der Waals surface area contributed by atoms with Crippen molar-refractivity contribution in [3.63, 3.8) is 0 Å². The summed E-state index contributed by atoms with van der Waals surface area (Å²) in [6.07, 6.45) is 7.99. The second kappa shape index (κ2) is 7.03. The van der Waals surface area contributed by atoms with E-state index in [1.165, 1.54) is 5.56 Å². The maximum atomic E-state index is 11.5. The van der Waals surface area contributed by atoms with Gasteiger partial charge in [0, 0.05) is 30.6 Å². The van der Waals surface area contributed by atoms with Gasteiger partial charge in [-0.1, -0.05) is 37.3 Å². The van der Waals surface area contributed by atoms with Gasteiger partial charge in [0.25, 0.3) is 0 Å². The first-order valence-corrected chi connectivity index (χ1v) is 9.96. The standard InChI is InChI=1S/C21H30N4O/c1-20-10-8-17(16-6-3-2-4-7-16)14-21(20,26)11-9-18(20)15-24-25-19-22-12-5-13-23-19/h2-4,6-7,15,17-18,26H,5,8-14H2,1H3,(H2,22,23,25)/b24-15+/t17-,18+,20+,21-/m0/s1. The van der Waals surface area contributed by atoms with Gasteiger partial charge < -0.3 is 10.4 Å². The van der Waals surface area contributed by atoms with Crippen molar-refractivity contribution in [1.82, 2.24) is 10.7 Å². The Balaban J connectivity index is 1.44. The minimum atomic E-state index is -0.594. The number of aliphatic hydroxyl groups is 1. The van der Waals surface area contributed by atoms with Crippen molar-refractivity contribution >= 4 is 12.2 Å². The zero-order valence-corrected chi connectivity index (χ0v) is 15.6. The van der Waals surface area contributed by atoms with Crippen LogP contribution in [0.4, 0.5) is 0 Å². The molecule has 5 nitrogen and oxygen atoms in total. The molecule has 1 aromatic rings. The zero-order valence-electron chi connectivity index (χ0n) is 15.6. The fraction of sp³-hybridized carbons (Fsp3) is 0.619. The van der Waals surface area contributed by atoms with Gasteiger partial charge in [-0.05, 0) is 50.0 Å². The van der Waals surface area contributed by atoms with E-state index < -0.39 is 5.60 Å². The second-order valence-corrected chi connectivity index (χ2v) is 8.35. The van der Waals surface area contributed by atoms with Crippen molar-refractivity contribution < 1.29 is 5.11 Å². The molecule has 2 saturated carbocycles. The van der Waals surface area contributed by atoms with Gasteiger partial charge in [-0.3, -0.25) is 4.99 Å². The highest BCUT2D eigenvalue weighted by Gasteiger charge is 2.58. The number of nitrogens with one attached hydrogen (secondary N) is 2. The van der Waals surface area contributed by atoms with E-state index >= 15 is 0 Å². The Morgan fingerprint density at radius 2 is 2.12 bits per heavy atom. The number of benzene rings is 1. The molecule has 5 heteroatoms. The number of hydrogen-bond donors (Lipinski definition) is 3. The first kappa shape index (κ1) is 17.5. The number of fused-ring (bicyclic) bond motifs is 1. The van der Waals surface area contributed by atoms with Crippen molar-refractivity contribution in [3.05, 3.63) is 35.9 Å². The molecular weight excluding hydrogens is 324 g/mol. The highest BCUT2D eigenvalue weighted by molar-refractivity contribution is 5.81. The largest absolute Gasteiger partial charge is 0.389 e. The quantitative estimate of drug-likeness (QED) is 0.577. The molecule has 1 heterocycles. The average Bonchev–Trinajstić information content (AvgIpc) is 2.94. The van der Waals surface area contributed by atoms with Gasteiger partial charge in [-0.25, -0.2) is 5.43 Å². The van der Waals surface area contributed by atoms with Crippen LogP contribution in [0.15, 0.2) is 40.4 Å². The van der Waals surface area contributed by atoms with Crippen molar-refractivity contribution in [1.29, 1.82) is 0 Å². The number of nitrogens with zero attached hydrogens (tertiary/aromatic N) is 2. The van der Waals surface area contributed by atoms with Crippen LogP contribution in [0.2, 0.25) is 0 Å². The second-order valence-electron chi connectivity index (χ2n) is 8.35. The molecule has 1 aromatic carbocycles. The van der Waals surface area contributed by atoms with Crippen LogP contribution < -0.4 is 10.7 Å². The minimum absolute atomic E-state index is 0.0920. The molecule has 0 aromatic heterocycles. The summed E-state index contributed by atoms with van der Waals surface area (Å²) in [5, 5.41) is 19.2. The Labute approximate surface area is 156 Å². The van der Waals surface area contributed by atoms with Gasteiger partial charge in [0.15, 0.2) is 0 Å². The van der Waals surface area contributed by atoms with Crippen LogP contribution in [0.3, 0.4) is 0 Å². The van der Waals surface area contributed by atoms with E-state index in [1.807, 2.05) is 6.21 Å². The molecular formula is C21H30N4O. The summed E-state index contributed by atoms with van der Waals surface area (Å²) in [5.74, 6) is 1.53. The molecule has 3 aliphatic rings. The summed E-state index contributed by atoms with van der Waals surface area (Å²) in [6.45, 7) is 4.06. The molecule has 4 rings (SSSR count). The molecule has 140 valence electrons. The number of aliphatic imine (C=N–C) groups is 1. The van der Waals surface area contributed by atoms with Crippen molar-refractivity contribution in [2.75, 3.05) is 13.1 Å². The Hall–Kier alpha value is -1.88. The first-order valence-electron chi connectivity index (χ1n) is 9.96. The minimum Gasteiger partial charge on any atom is -0.389 e. The lowest BCUT2D eigenvalue weighted by Gasteiger charge is -2.49. The molecule has 2 aliphatic carbocycles. The molecule has 0 bridgehead atoms. The third-order valence-electron chi connectivity index (χ3n) is 6.94. The van der Waals surface area contributed by atoms with E-state index in [4.69, 9.17) is 0 Å². The van der Waals surface area contributed by atoms with Crippen molar-refractivity contribution in [2.45, 2.75) is 57.0 Å². The van der Waals surface area contributed by atoms with E-state index in [0.29, 0.717) is 11.8 Å². The van der Waals surface area contributed by atoms with Gasteiger partial charge in [0.05, 0.1) is 5.60 Å². The van der Waals surface area contributed by atoms with Gasteiger partial charge >= 0.3 is 0 Å². The summed E-state index contributed by atoms with van der Waals surface area (Å²) in [5.41, 5.74) is 3.71. The number of hydrogen-bond acceptors (Lipinski definition) is 5. The van der Waals surface area contributed by atoms with Crippen LogP contribution in [0.25, 0.3) is 0 Å². The fourth-order valence-corrected chi connectivity index (χ4v) is 5.13. The zero-order chi connectivity index (χ0) is 18.0. The summed E-state index contributed by atoms with van der Waals surface area (Å²) in [4.78, 5) is 4.38. The lowest BCUT2D eigenvalue weighted by molar-refractivity contribution is -0.0957. The highest BCUT2D eigenvalue weighted by atomic mass is 16.3. The topological polar surface area (TPSA) is 69.0 Å². The van der Waals surface area contributed by atoms with E-state index in [-0.39, 0.29) is 5.41 Å². The Bertz CT molecular complexity index is 689. The SMILES string of the molecule is C[C@]12CC[C@H](c3ccccc3)C[C@@]1(O)CC[C@@H]2/C=N/NC1=NCCCN1. The molecule has 4 atom stereocenters. The Morgan fingerprint density at radius 1 is 1.27 bits per heavy atom. The molecule has 0 saturated heterocycles. The summed E-state index contributed by atoms with van der Waals surface area (Å²) in [7, 11) is 0. The van der Waals surface area contributed by atoms with Gasteiger partial charge in [0.1, 0.15) is 0 Å². The summed E-state index contributed by atoms with van der Waals surface area (Å²) < 4.78 is 0. The Morgan fingerprint density at radius 3 is 2.88 bits per heavy atom. The predicted molar refractivity (Wildman–Crippen MR) is 105 cm³/mol. The number of guanidine groups is 1. The smallest absolute Gasteiger partial charge is 0.212 e. The molecule has 26 heavy (non-hydrogen) atoms. The van der Waals surface area contributed by atoms with Crippen LogP contribution in [0.1, 0.15) is 56.9 Å². The van der Waals surface area contributed by atoms with E-state index in [2.05, 4.69) is 58.1 Å². The molecule has 0 spiro atoms. The van der Waals surface area contributed by atoms with Crippen molar-refractivity contribution in [3.8, 4) is 0 Å². The third-order valence-corrected chi connectivity index (χ3v) is 6.94. The lowest BCUT2D eigenvalue weighted by atomic mass is 9.59. The molecule has 2 fully saturated rings. The molecule has 0 radical (unpaired) electrons. The highest BCUT2D eigenvalue weighted by Crippen LogP contribution is 2.60. The number of rotatable bonds is 3. The first-order chi connectivity index (χ1) is 12.6. The lowest BCUT2D eigenvalue weighted by Crippen LogP contribution is -2.49. The average molecular weight is 354 g/mol. The van der Waals surface area contributed by atoms with Gasteiger partial charge in [0.2, 0.25) is 5.96 Å². The van der Waals surface area contributed by atoms with Crippen LogP contribution in [0, 0.1) is 11.3 Å². The predicted octanol–water partition coefficient (Wildman–Crippen LogP) is 3.03. The van der Waals surface area contributed by atoms with Crippen LogP contribution in [-0.2, 0) is 0 Å². The van der Waals surface area contributed by atoms with Crippen LogP contribution >= 0.6 is 0 Å². The third kappa shape index (κ3) is 3.13. The van der Waals surface area contributed by atoms with E-state index in [9.17, 15) is 5.11 Å². The van der Waals surface area contributed by atoms with E-state index in [0.717, 1.165) is 57.6 Å². The Kier molecular flexibility index (Phi) is 4.74. The molecule has 0 amide bonds. The fourth-order valence-electron chi connectivity index (χ4n) is 5.13. The monoisotopic (exact) mass is 354 g/mol. The normalized spacial score (nSPS) is 37.1.